The number of hydrogen-bond acceptors (Lipinski definition) is 2. The molecule has 0 heterocycles. The number of halogens is 1. The molecule has 3 heteroatoms. The molecule has 0 fully saturated rings. The van der Waals surface area contributed by atoms with Gasteiger partial charge in [-0.05, 0) is 47.9 Å². The molecule has 0 atom stereocenters. The quantitative estimate of drug-likeness (QED) is 0.645. The Balaban J connectivity index is 1.96. The van der Waals surface area contributed by atoms with Crippen LogP contribution < -0.4 is 10.5 Å². The molecule has 0 saturated heterocycles. The van der Waals surface area contributed by atoms with Gasteiger partial charge >= 0.3 is 0 Å². The maximum atomic E-state index is 6.11. The second kappa shape index (κ2) is 6.76. The summed E-state index contributed by atoms with van der Waals surface area (Å²) >= 11 is 5.99. The number of benzene rings is 3. The number of rotatable bonds is 4. The maximum absolute atomic E-state index is 6.11. The summed E-state index contributed by atoms with van der Waals surface area (Å²) in [5, 5.41) is 0.709. The van der Waals surface area contributed by atoms with Gasteiger partial charge < -0.3 is 10.5 Å². The Morgan fingerprint density at radius 3 is 2.35 bits per heavy atom. The van der Waals surface area contributed by atoms with Gasteiger partial charge in [0.05, 0.1) is 0 Å². The Morgan fingerprint density at radius 1 is 0.957 bits per heavy atom. The van der Waals surface area contributed by atoms with Crippen molar-refractivity contribution in [1.29, 1.82) is 0 Å². The molecule has 3 aromatic rings. The van der Waals surface area contributed by atoms with Gasteiger partial charge in [-0.25, -0.2) is 0 Å². The fourth-order valence-corrected chi connectivity index (χ4v) is 2.69. The minimum absolute atomic E-state index is 0.520. The number of aryl methyl sites for hydroxylation is 1. The van der Waals surface area contributed by atoms with Crippen LogP contribution in [0, 0.1) is 6.92 Å². The minimum atomic E-state index is 0.520. The summed E-state index contributed by atoms with van der Waals surface area (Å²) in [5.41, 5.74) is 10.9. The van der Waals surface area contributed by atoms with Crippen molar-refractivity contribution in [1.82, 2.24) is 0 Å². The molecule has 0 aliphatic rings. The highest BCUT2D eigenvalue weighted by Gasteiger charge is 2.11. The zero-order chi connectivity index (χ0) is 16.2. The van der Waals surface area contributed by atoms with Crippen LogP contribution in [0.25, 0.3) is 11.1 Å². The van der Waals surface area contributed by atoms with E-state index in [-0.39, 0.29) is 0 Å². The van der Waals surface area contributed by atoms with Crippen LogP contribution in [0.3, 0.4) is 0 Å². The van der Waals surface area contributed by atoms with E-state index in [4.69, 9.17) is 22.1 Å². The van der Waals surface area contributed by atoms with Crippen LogP contribution in [-0.2, 0) is 6.61 Å². The number of hydrogen-bond donors (Lipinski definition) is 1. The third-order valence-electron chi connectivity index (χ3n) is 3.68. The largest absolute Gasteiger partial charge is 0.488 e. The average Bonchev–Trinajstić information content (AvgIpc) is 2.55. The molecule has 0 spiro atoms. The van der Waals surface area contributed by atoms with E-state index in [1.54, 1.807) is 0 Å². The number of ether oxygens (including phenoxy) is 1. The summed E-state index contributed by atoms with van der Waals surface area (Å²) in [7, 11) is 0. The van der Waals surface area contributed by atoms with Gasteiger partial charge in [-0.2, -0.15) is 0 Å². The second-order valence-electron chi connectivity index (χ2n) is 5.50. The standard InChI is InChI=1S/C20H18ClNO/c1-14-11-18(22)12-19(16-7-9-17(21)10-8-16)20(14)23-13-15-5-3-2-4-6-15/h2-12H,13,22H2,1H3. The van der Waals surface area contributed by atoms with Crippen molar-refractivity contribution in [3.63, 3.8) is 0 Å². The van der Waals surface area contributed by atoms with Crippen molar-refractivity contribution in [3.8, 4) is 16.9 Å². The smallest absolute Gasteiger partial charge is 0.130 e. The van der Waals surface area contributed by atoms with E-state index < -0.39 is 0 Å². The highest BCUT2D eigenvalue weighted by atomic mass is 35.5. The number of nitrogens with two attached hydrogens (primary N) is 1. The average molecular weight is 324 g/mol. The van der Waals surface area contributed by atoms with Gasteiger partial charge in [0, 0.05) is 16.3 Å². The Bertz CT molecular complexity index is 798. The van der Waals surface area contributed by atoms with E-state index in [9.17, 15) is 0 Å². The lowest BCUT2D eigenvalue weighted by atomic mass is 10.0. The monoisotopic (exact) mass is 323 g/mol. The Kier molecular flexibility index (Phi) is 4.54. The first kappa shape index (κ1) is 15.4. The molecule has 0 aromatic heterocycles. The molecule has 0 unspecified atom stereocenters. The van der Waals surface area contributed by atoms with Gasteiger partial charge in [0.2, 0.25) is 0 Å². The lowest BCUT2D eigenvalue weighted by Crippen LogP contribution is -2.00. The molecule has 0 aliphatic carbocycles. The Hall–Kier alpha value is -2.45. The maximum Gasteiger partial charge on any atom is 0.130 e. The van der Waals surface area contributed by atoms with E-state index in [0.29, 0.717) is 11.6 Å². The fraction of sp³-hybridized carbons (Fsp3) is 0.100. The molecule has 3 aromatic carbocycles. The molecule has 2 N–H and O–H groups in total. The summed E-state index contributed by atoms with van der Waals surface area (Å²) in [4.78, 5) is 0. The van der Waals surface area contributed by atoms with Crippen LogP contribution in [0.4, 0.5) is 5.69 Å². The molecule has 0 radical (unpaired) electrons. The molecule has 0 saturated carbocycles. The summed E-state index contributed by atoms with van der Waals surface area (Å²) in [6.07, 6.45) is 0. The van der Waals surface area contributed by atoms with E-state index in [0.717, 1.165) is 33.7 Å². The summed E-state index contributed by atoms with van der Waals surface area (Å²) < 4.78 is 6.11. The molecule has 0 bridgehead atoms. The molecule has 0 amide bonds. The lowest BCUT2D eigenvalue weighted by molar-refractivity contribution is 0.305. The van der Waals surface area contributed by atoms with Crippen molar-refractivity contribution >= 4 is 17.3 Å². The van der Waals surface area contributed by atoms with Gasteiger partial charge in [0.25, 0.3) is 0 Å². The van der Waals surface area contributed by atoms with Crippen LogP contribution in [0.15, 0.2) is 66.7 Å². The van der Waals surface area contributed by atoms with Gasteiger partial charge in [-0.3, -0.25) is 0 Å². The predicted octanol–water partition coefficient (Wildman–Crippen LogP) is 5.48. The summed E-state index contributed by atoms with van der Waals surface area (Å²) in [6, 6.07) is 21.7. The second-order valence-corrected chi connectivity index (χ2v) is 5.93. The SMILES string of the molecule is Cc1cc(N)cc(-c2ccc(Cl)cc2)c1OCc1ccccc1. The van der Waals surface area contributed by atoms with E-state index in [1.165, 1.54) is 0 Å². The van der Waals surface area contributed by atoms with E-state index in [2.05, 4.69) is 12.1 Å². The minimum Gasteiger partial charge on any atom is -0.488 e. The van der Waals surface area contributed by atoms with Gasteiger partial charge in [0.15, 0.2) is 0 Å². The topological polar surface area (TPSA) is 35.2 Å². The molecule has 2 nitrogen and oxygen atoms in total. The third kappa shape index (κ3) is 3.66. The molecule has 3 rings (SSSR count). The zero-order valence-corrected chi connectivity index (χ0v) is 13.7. The van der Waals surface area contributed by atoms with Crippen molar-refractivity contribution in [3.05, 3.63) is 82.9 Å². The predicted molar refractivity (Wildman–Crippen MR) is 96.8 cm³/mol. The van der Waals surface area contributed by atoms with Crippen molar-refractivity contribution in [2.75, 3.05) is 5.73 Å². The van der Waals surface area contributed by atoms with Crippen LogP contribution in [0.1, 0.15) is 11.1 Å². The summed E-state index contributed by atoms with van der Waals surface area (Å²) in [6.45, 7) is 2.53. The highest BCUT2D eigenvalue weighted by molar-refractivity contribution is 6.30. The van der Waals surface area contributed by atoms with E-state index in [1.807, 2.05) is 61.5 Å². The van der Waals surface area contributed by atoms with Gasteiger partial charge in [0.1, 0.15) is 12.4 Å². The molecule has 0 aliphatic heterocycles. The van der Waals surface area contributed by atoms with Gasteiger partial charge in [-0.1, -0.05) is 54.1 Å². The van der Waals surface area contributed by atoms with E-state index >= 15 is 0 Å². The first-order valence-electron chi connectivity index (χ1n) is 7.46. The first-order chi connectivity index (χ1) is 11.1. The van der Waals surface area contributed by atoms with Crippen LogP contribution in [0.2, 0.25) is 5.02 Å². The number of anilines is 1. The Morgan fingerprint density at radius 2 is 1.65 bits per heavy atom. The van der Waals surface area contributed by atoms with Crippen molar-refractivity contribution < 1.29 is 4.74 Å². The summed E-state index contributed by atoms with van der Waals surface area (Å²) in [5.74, 6) is 0.852. The first-order valence-corrected chi connectivity index (χ1v) is 7.84. The van der Waals surface area contributed by atoms with Crippen LogP contribution in [0.5, 0.6) is 5.75 Å². The highest BCUT2D eigenvalue weighted by Crippen LogP contribution is 2.36. The van der Waals surface area contributed by atoms with Crippen molar-refractivity contribution in [2.45, 2.75) is 13.5 Å². The lowest BCUT2D eigenvalue weighted by Gasteiger charge is -2.16. The van der Waals surface area contributed by atoms with Crippen LogP contribution >= 0.6 is 11.6 Å². The molecule has 116 valence electrons. The van der Waals surface area contributed by atoms with Crippen molar-refractivity contribution in [2.24, 2.45) is 0 Å². The zero-order valence-electron chi connectivity index (χ0n) is 12.9. The molecular weight excluding hydrogens is 306 g/mol. The number of nitrogen functional groups attached to an aromatic ring is 1. The third-order valence-corrected chi connectivity index (χ3v) is 3.93. The normalized spacial score (nSPS) is 10.5. The van der Waals surface area contributed by atoms with Gasteiger partial charge in [-0.15, -0.1) is 0 Å². The molecular formula is C20H18ClNO. The Labute approximate surface area is 141 Å². The molecule has 23 heavy (non-hydrogen) atoms. The van der Waals surface area contributed by atoms with Crippen LogP contribution in [-0.4, -0.2) is 0 Å². The fourth-order valence-electron chi connectivity index (χ4n) is 2.57.